The molecule has 0 aliphatic carbocycles. The first kappa shape index (κ1) is 29.0. The molecule has 0 aliphatic rings. The zero-order valence-electron chi connectivity index (χ0n) is 22.0. The van der Waals surface area contributed by atoms with E-state index in [-0.39, 0.29) is 57.7 Å². The molecular formula is C27H28N6O7S. The van der Waals surface area contributed by atoms with Crippen molar-refractivity contribution in [2.75, 3.05) is 6.54 Å². The molecule has 0 bridgehead atoms. The van der Waals surface area contributed by atoms with Gasteiger partial charge < -0.3 is 31.4 Å². The first-order valence-corrected chi connectivity index (χ1v) is 13.7. The number of H-pyrrole nitrogens is 1. The molecular weight excluding hydrogens is 552 g/mol. The molecule has 0 unspecified atom stereocenters. The van der Waals surface area contributed by atoms with Gasteiger partial charge in [0.2, 0.25) is 15.9 Å². The van der Waals surface area contributed by atoms with Crippen molar-refractivity contribution in [2.24, 2.45) is 10.9 Å². The monoisotopic (exact) mass is 580 g/mol. The molecule has 0 atom stereocenters. The highest BCUT2D eigenvalue weighted by atomic mass is 32.2. The van der Waals surface area contributed by atoms with Crippen molar-refractivity contribution < 1.29 is 33.3 Å². The number of aromatic hydroxyl groups is 2. The van der Waals surface area contributed by atoms with Crippen molar-refractivity contribution in [3.8, 4) is 34.0 Å². The molecule has 14 heteroatoms. The number of carboxylic acid groups (broad SMARTS) is 1. The van der Waals surface area contributed by atoms with Gasteiger partial charge in [0, 0.05) is 23.2 Å². The molecule has 0 radical (unpaired) electrons. The molecule has 0 saturated carbocycles. The second-order valence-corrected chi connectivity index (χ2v) is 11.5. The number of rotatable bonds is 9. The van der Waals surface area contributed by atoms with Gasteiger partial charge in [0.1, 0.15) is 23.2 Å². The fourth-order valence-corrected chi connectivity index (χ4v) is 4.76. The number of hydrogen-bond acceptors (Lipinski definition) is 8. The smallest absolute Gasteiger partial charge is 0.305 e. The van der Waals surface area contributed by atoms with Gasteiger partial charge in [-0.25, -0.2) is 18.5 Å². The Labute approximate surface area is 234 Å². The summed E-state index contributed by atoms with van der Waals surface area (Å²) in [7, 11) is -4.17. The predicted molar refractivity (Wildman–Crippen MR) is 151 cm³/mol. The Morgan fingerprint density at radius 2 is 1.73 bits per heavy atom. The zero-order chi connectivity index (χ0) is 30.3. The van der Waals surface area contributed by atoms with Crippen LogP contribution in [0.15, 0.2) is 53.4 Å². The molecule has 214 valence electrons. The number of amidine groups is 1. The van der Waals surface area contributed by atoms with Gasteiger partial charge in [-0.2, -0.15) is 0 Å². The fourth-order valence-electron chi connectivity index (χ4n) is 4.22. The second kappa shape index (κ2) is 10.6. The normalized spacial score (nSPS) is 11.9. The van der Waals surface area contributed by atoms with E-state index in [9.17, 15) is 28.2 Å². The number of carbonyl (C=O) groups is 2. The number of amides is 1. The van der Waals surface area contributed by atoms with Crippen LogP contribution in [0.1, 0.15) is 31.4 Å². The number of fused-ring (bicyclic) bond motifs is 1. The third kappa shape index (κ3) is 5.83. The average molecular weight is 581 g/mol. The molecule has 4 aromatic rings. The number of aromatic nitrogens is 2. The third-order valence-corrected chi connectivity index (χ3v) is 7.57. The van der Waals surface area contributed by atoms with Gasteiger partial charge in [0.25, 0.3) is 0 Å². The molecule has 1 heterocycles. The van der Waals surface area contributed by atoms with Crippen molar-refractivity contribution in [1.29, 1.82) is 5.41 Å². The third-order valence-electron chi connectivity index (χ3n) is 6.66. The highest BCUT2D eigenvalue weighted by molar-refractivity contribution is 7.89. The van der Waals surface area contributed by atoms with Crippen molar-refractivity contribution in [1.82, 2.24) is 15.3 Å². The fraction of sp³-hybridized carbons (Fsp3) is 0.185. The Kier molecular flexibility index (Phi) is 7.48. The lowest BCUT2D eigenvalue weighted by atomic mass is 9.80. The number of nitrogens with zero attached hydrogens (tertiary/aromatic N) is 1. The van der Waals surface area contributed by atoms with Gasteiger partial charge in [-0.05, 0) is 67.9 Å². The Hall–Kier alpha value is -4.95. The number of phenols is 2. The Morgan fingerprint density at radius 1 is 1.05 bits per heavy atom. The number of nitrogens with one attached hydrogen (secondary N) is 3. The number of aliphatic carboxylic acids is 1. The van der Waals surface area contributed by atoms with Gasteiger partial charge in [-0.1, -0.05) is 0 Å². The molecule has 1 amide bonds. The number of imidazole rings is 1. The Balaban J connectivity index is 1.96. The van der Waals surface area contributed by atoms with E-state index in [0.29, 0.717) is 22.2 Å². The van der Waals surface area contributed by atoms with E-state index < -0.39 is 27.3 Å². The van der Waals surface area contributed by atoms with Crippen molar-refractivity contribution in [3.63, 3.8) is 0 Å². The number of aromatic amines is 1. The van der Waals surface area contributed by atoms with E-state index in [2.05, 4.69) is 15.3 Å². The van der Waals surface area contributed by atoms with E-state index >= 15 is 0 Å². The van der Waals surface area contributed by atoms with Gasteiger partial charge in [0.15, 0.2) is 0 Å². The van der Waals surface area contributed by atoms with Crippen LogP contribution in [0, 0.1) is 5.41 Å². The minimum atomic E-state index is -4.17. The number of phenolic OH excluding ortho intramolecular Hbond substituents is 2. The van der Waals surface area contributed by atoms with Crippen LogP contribution in [0.4, 0.5) is 0 Å². The lowest BCUT2D eigenvalue weighted by Gasteiger charge is -2.26. The summed E-state index contributed by atoms with van der Waals surface area (Å²) < 4.78 is 24.1. The van der Waals surface area contributed by atoms with Crippen molar-refractivity contribution >= 4 is 38.8 Å². The number of benzene rings is 3. The Bertz CT molecular complexity index is 1830. The van der Waals surface area contributed by atoms with Crippen LogP contribution < -0.4 is 16.2 Å². The van der Waals surface area contributed by atoms with Crippen LogP contribution in [0.25, 0.3) is 33.5 Å². The molecule has 1 aromatic heterocycles. The summed E-state index contributed by atoms with van der Waals surface area (Å²) in [5, 5.41) is 46.6. The van der Waals surface area contributed by atoms with E-state index in [1.807, 2.05) is 0 Å². The van der Waals surface area contributed by atoms with E-state index in [1.165, 1.54) is 12.1 Å². The van der Waals surface area contributed by atoms with Crippen LogP contribution in [0.5, 0.6) is 11.5 Å². The summed E-state index contributed by atoms with van der Waals surface area (Å²) in [6.07, 6.45) is -0.288. The number of hydrogen-bond donors (Lipinski definition) is 8. The van der Waals surface area contributed by atoms with Gasteiger partial charge in [0.05, 0.1) is 33.3 Å². The average Bonchev–Trinajstić information content (AvgIpc) is 3.31. The number of nitrogens with two attached hydrogens (primary N) is 2. The topological polar surface area (TPSA) is 246 Å². The van der Waals surface area contributed by atoms with Gasteiger partial charge in [-0.15, -0.1) is 0 Å². The minimum Gasteiger partial charge on any atom is -0.507 e. The number of carboxylic acids is 1. The standard InChI is InChI=1S/C27H28N6O7S/c1-27(2,26(38)31-8-7-22(35)36)14-10-17(16-12-15(41(30,39)40)4-6-21(16)34)23(37)18(11-14)25-32-19-5-3-13(24(28)29)9-20(19)33-25/h3-6,9-12,34,37H,7-8H2,1-2H3,(H3,28,29)(H,31,38)(H,32,33)(H,35,36)(H2,30,39,40). The first-order valence-electron chi connectivity index (χ1n) is 12.2. The van der Waals surface area contributed by atoms with Crippen LogP contribution in [0.3, 0.4) is 0 Å². The zero-order valence-corrected chi connectivity index (χ0v) is 22.8. The maximum Gasteiger partial charge on any atom is 0.305 e. The first-order chi connectivity index (χ1) is 19.1. The molecule has 0 saturated heterocycles. The SMILES string of the molecule is CC(C)(C(=O)NCCC(=O)O)c1cc(-c2nc3cc(C(=N)N)ccc3[nH]2)c(O)c(-c2cc(S(N)(=O)=O)ccc2O)c1. The van der Waals surface area contributed by atoms with Crippen LogP contribution >= 0.6 is 0 Å². The lowest BCUT2D eigenvalue weighted by Crippen LogP contribution is -2.41. The highest BCUT2D eigenvalue weighted by Gasteiger charge is 2.32. The number of carbonyl (C=O) groups excluding carboxylic acids is 1. The summed E-state index contributed by atoms with van der Waals surface area (Å²) >= 11 is 0. The van der Waals surface area contributed by atoms with Crippen molar-refractivity contribution in [2.45, 2.75) is 30.6 Å². The van der Waals surface area contributed by atoms with E-state index in [4.69, 9.17) is 21.4 Å². The predicted octanol–water partition coefficient (Wildman–Crippen LogP) is 2.11. The molecule has 0 fully saturated rings. The van der Waals surface area contributed by atoms with Crippen LogP contribution in [0.2, 0.25) is 0 Å². The summed E-state index contributed by atoms with van der Waals surface area (Å²) in [5.41, 5.74) is 6.08. The number of nitrogen functional groups attached to an aromatic ring is 1. The van der Waals surface area contributed by atoms with E-state index in [1.54, 1.807) is 32.0 Å². The Morgan fingerprint density at radius 3 is 2.37 bits per heavy atom. The summed E-state index contributed by atoms with van der Waals surface area (Å²) in [4.78, 5) is 31.4. The summed E-state index contributed by atoms with van der Waals surface area (Å²) in [6, 6.07) is 11.1. The van der Waals surface area contributed by atoms with Crippen molar-refractivity contribution in [3.05, 3.63) is 59.7 Å². The van der Waals surface area contributed by atoms with Crippen LogP contribution in [-0.2, 0) is 25.0 Å². The highest BCUT2D eigenvalue weighted by Crippen LogP contribution is 2.44. The second-order valence-electron chi connectivity index (χ2n) is 9.90. The number of sulfonamides is 1. The lowest BCUT2D eigenvalue weighted by molar-refractivity contribution is -0.137. The molecule has 0 spiro atoms. The largest absolute Gasteiger partial charge is 0.507 e. The maximum absolute atomic E-state index is 13.2. The molecule has 10 N–H and O–H groups in total. The molecule has 13 nitrogen and oxygen atoms in total. The quantitative estimate of drug-likeness (QED) is 0.106. The maximum atomic E-state index is 13.2. The minimum absolute atomic E-state index is 0.0169. The molecule has 3 aromatic carbocycles. The molecule has 41 heavy (non-hydrogen) atoms. The van der Waals surface area contributed by atoms with E-state index in [0.717, 1.165) is 18.2 Å². The van der Waals surface area contributed by atoms with Crippen LogP contribution in [-0.4, -0.2) is 58.0 Å². The molecule has 4 rings (SSSR count). The van der Waals surface area contributed by atoms with Gasteiger partial charge in [-0.3, -0.25) is 15.0 Å². The number of primary sulfonamides is 1. The molecule has 0 aliphatic heterocycles. The summed E-state index contributed by atoms with van der Waals surface area (Å²) in [6.45, 7) is 3.05. The summed E-state index contributed by atoms with van der Waals surface area (Å²) in [5.74, 6) is -2.34. The van der Waals surface area contributed by atoms with Gasteiger partial charge >= 0.3 is 5.97 Å².